The van der Waals surface area contributed by atoms with Crippen molar-refractivity contribution in [3.8, 4) is 5.75 Å². The molecular weight excluding hydrogens is 429 g/mol. The van der Waals surface area contributed by atoms with E-state index in [0.29, 0.717) is 11.6 Å². The molecule has 0 amide bonds. The summed E-state index contributed by atoms with van der Waals surface area (Å²) in [6, 6.07) is 9.41. The molecule has 0 unspecified atom stereocenters. The summed E-state index contributed by atoms with van der Waals surface area (Å²) in [4.78, 5) is 4.19. The Morgan fingerprint density at radius 2 is 2.13 bits per heavy atom. The van der Waals surface area contributed by atoms with E-state index in [2.05, 4.69) is 15.6 Å². The number of furan rings is 1. The Labute approximate surface area is 158 Å². The molecule has 0 aliphatic rings. The fourth-order valence-electron chi connectivity index (χ4n) is 2.02. The second kappa shape index (κ2) is 10.4. The summed E-state index contributed by atoms with van der Waals surface area (Å²) in [6.07, 6.45) is 2.48. The zero-order chi connectivity index (χ0) is 15.8. The van der Waals surface area contributed by atoms with Crippen LogP contribution in [-0.4, -0.2) is 26.7 Å². The molecule has 2 aromatic rings. The van der Waals surface area contributed by atoms with Crippen LogP contribution in [0, 0.1) is 0 Å². The second-order valence-corrected chi connectivity index (χ2v) is 5.07. The molecule has 0 radical (unpaired) electrons. The molecule has 7 heteroatoms. The van der Waals surface area contributed by atoms with Crippen molar-refractivity contribution in [2.75, 3.05) is 20.7 Å². The number of nitrogens with zero attached hydrogens (tertiary/aromatic N) is 1. The number of ether oxygens (including phenoxy) is 1. The van der Waals surface area contributed by atoms with Crippen molar-refractivity contribution in [1.29, 1.82) is 0 Å². The van der Waals surface area contributed by atoms with Crippen LogP contribution in [-0.2, 0) is 13.0 Å². The Balaban J connectivity index is 0.00000264. The molecule has 23 heavy (non-hydrogen) atoms. The predicted molar refractivity (Wildman–Crippen MR) is 104 cm³/mol. The van der Waals surface area contributed by atoms with E-state index in [4.69, 9.17) is 20.8 Å². The first-order chi connectivity index (χ1) is 10.7. The molecule has 0 saturated heterocycles. The zero-order valence-electron chi connectivity index (χ0n) is 13.1. The summed E-state index contributed by atoms with van der Waals surface area (Å²) in [7, 11) is 3.37. The standard InChI is InChI=1S/C16H20ClN3O2.HI/c1-18-16(19-8-7-14-4-3-9-22-14)20-11-12-5-6-13(17)10-15(12)21-2;/h3-6,9-10H,7-8,11H2,1-2H3,(H2,18,19,20);1H. The van der Waals surface area contributed by atoms with Gasteiger partial charge in [0.05, 0.1) is 13.4 Å². The Hall–Kier alpha value is -1.41. The van der Waals surface area contributed by atoms with Gasteiger partial charge in [0.1, 0.15) is 11.5 Å². The maximum atomic E-state index is 5.96. The molecule has 0 aliphatic carbocycles. The minimum absolute atomic E-state index is 0. The number of rotatable bonds is 6. The highest BCUT2D eigenvalue weighted by Gasteiger charge is 2.05. The van der Waals surface area contributed by atoms with Gasteiger partial charge in [-0.25, -0.2) is 0 Å². The molecule has 1 aromatic heterocycles. The van der Waals surface area contributed by atoms with Crippen LogP contribution in [0.1, 0.15) is 11.3 Å². The zero-order valence-corrected chi connectivity index (χ0v) is 16.2. The molecule has 2 rings (SSSR count). The van der Waals surface area contributed by atoms with Crippen LogP contribution in [0.2, 0.25) is 5.02 Å². The van der Waals surface area contributed by atoms with Crippen molar-refractivity contribution >= 4 is 41.5 Å². The van der Waals surface area contributed by atoms with Gasteiger partial charge in [0.2, 0.25) is 0 Å². The number of halogens is 2. The van der Waals surface area contributed by atoms with E-state index in [1.165, 1.54) is 0 Å². The topological polar surface area (TPSA) is 58.8 Å². The lowest BCUT2D eigenvalue weighted by Crippen LogP contribution is -2.37. The van der Waals surface area contributed by atoms with E-state index in [-0.39, 0.29) is 24.0 Å². The summed E-state index contributed by atoms with van der Waals surface area (Å²) >= 11 is 5.96. The number of hydrogen-bond acceptors (Lipinski definition) is 3. The SMILES string of the molecule is CN=C(NCCc1ccco1)NCc1ccc(Cl)cc1OC.I. The van der Waals surface area contributed by atoms with E-state index in [9.17, 15) is 0 Å². The Morgan fingerprint density at radius 3 is 2.78 bits per heavy atom. The lowest BCUT2D eigenvalue weighted by Gasteiger charge is -2.13. The van der Waals surface area contributed by atoms with Crippen molar-refractivity contribution < 1.29 is 9.15 Å². The number of aliphatic imine (C=N–C) groups is 1. The Morgan fingerprint density at radius 1 is 1.30 bits per heavy atom. The van der Waals surface area contributed by atoms with Crippen LogP contribution in [0.5, 0.6) is 5.75 Å². The summed E-state index contributed by atoms with van der Waals surface area (Å²) < 4.78 is 10.6. The highest BCUT2D eigenvalue weighted by atomic mass is 127. The number of benzene rings is 1. The largest absolute Gasteiger partial charge is 0.496 e. The van der Waals surface area contributed by atoms with Crippen LogP contribution in [0.4, 0.5) is 0 Å². The Bertz CT molecular complexity index is 618. The normalized spacial score (nSPS) is 10.8. The van der Waals surface area contributed by atoms with E-state index in [1.54, 1.807) is 26.5 Å². The fraction of sp³-hybridized carbons (Fsp3) is 0.312. The van der Waals surface area contributed by atoms with Crippen molar-refractivity contribution in [2.45, 2.75) is 13.0 Å². The molecule has 0 bridgehead atoms. The second-order valence-electron chi connectivity index (χ2n) is 4.64. The van der Waals surface area contributed by atoms with E-state index in [0.717, 1.165) is 36.0 Å². The van der Waals surface area contributed by atoms with Gasteiger partial charge in [-0.05, 0) is 24.3 Å². The van der Waals surface area contributed by atoms with Crippen LogP contribution in [0.3, 0.4) is 0 Å². The van der Waals surface area contributed by atoms with Crippen molar-refractivity contribution in [1.82, 2.24) is 10.6 Å². The summed E-state index contributed by atoms with van der Waals surface area (Å²) in [5.74, 6) is 2.43. The predicted octanol–water partition coefficient (Wildman–Crippen LogP) is 3.47. The fourth-order valence-corrected chi connectivity index (χ4v) is 2.19. The lowest BCUT2D eigenvalue weighted by atomic mass is 10.2. The highest BCUT2D eigenvalue weighted by Crippen LogP contribution is 2.22. The van der Waals surface area contributed by atoms with Crippen LogP contribution < -0.4 is 15.4 Å². The average molecular weight is 450 g/mol. The molecule has 0 fully saturated rings. The molecule has 0 saturated carbocycles. The molecule has 0 spiro atoms. The third-order valence-corrected chi connectivity index (χ3v) is 3.40. The highest BCUT2D eigenvalue weighted by molar-refractivity contribution is 14.0. The minimum Gasteiger partial charge on any atom is -0.496 e. The van der Waals surface area contributed by atoms with Gasteiger partial charge in [-0.15, -0.1) is 24.0 Å². The average Bonchev–Trinajstić information content (AvgIpc) is 3.04. The van der Waals surface area contributed by atoms with Crippen molar-refractivity contribution in [2.24, 2.45) is 4.99 Å². The van der Waals surface area contributed by atoms with Crippen LogP contribution in [0.25, 0.3) is 0 Å². The summed E-state index contributed by atoms with van der Waals surface area (Å²) in [5.41, 5.74) is 1.01. The third-order valence-electron chi connectivity index (χ3n) is 3.16. The molecule has 0 atom stereocenters. The van der Waals surface area contributed by atoms with Gasteiger partial charge in [0, 0.05) is 37.1 Å². The molecule has 2 N–H and O–H groups in total. The Kier molecular flexibility index (Phi) is 8.86. The minimum atomic E-state index is 0. The number of guanidine groups is 1. The smallest absolute Gasteiger partial charge is 0.191 e. The first-order valence-corrected chi connectivity index (χ1v) is 7.40. The third kappa shape index (κ3) is 6.31. The number of methoxy groups -OCH3 is 1. The van der Waals surface area contributed by atoms with Crippen LogP contribution in [0.15, 0.2) is 46.0 Å². The molecule has 126 valence electrons. The summed E-state index contributed by atoms with van der Waals surface area (Å²) in [6.45, 7) is 1.34. The van der Waals surface area contributed by atoms with E-state index < -0.39 is 0 Å². The summed E-state index contributed by atoms with van der Waals surface area (Å²) in [5, 5.41) is 7.14. The van der Waals surface area contributed by atoms with E-state index in [1.807, 2.05) is 24.3 Å². The maximum Gasteiger partial charge on any atom is 0.191 e. The molecule has 5 nitrogen and oxygen atoms in total. The first-order valence-electron chi connectivity index (χ1n) is 7.02. The van der Waals surface area contributed by atoms with Crippen molar-refractivity contribution in [3.63, 3.8) is 0 Å². The van der Waals surface area contributed by atoms with Gasteiger partial charge in [0.25, 0.3) is 0 Å². The molecule has 1 aromatic carbocycles. The van der Waals surface area contributed by atoms with Gasteiger partial charge in [-0.1, -0.05) is 17.7 Å². The first kappa shape index (κ1) is 19.6. The molecule has 1 heterocycles. The molecular formula is C16H21ClIN3O2. The van der Waals surface area contributed by atoms with E-state index >= 15 is 0 Å². The maximum absolute atomic E-state index is 5.96. The van der Waals surface area contributed by atoms with Gasteiger partial charge in [-0.3, -0.25) is 4.99 Å². The number of nitrogens with one attached hydrogen (secondary N) is 2. The van der Waals surface area contributed by atoms with Gasteiger partial charge >= 0.3 is 0 Å². The lowest BCUT2D eigenvalue weighted by molar-refractivity contribution is 0.409. The number of hydrogen-bond donors (Lipinski definition) is 2. The van der Waals surface area contributed by atoms with Gasteiger partial charge in [0.15, 0.2) is 5.96 Å². The van der Waals surface area contributed by atoms with Gasteiger partial charge < -0.3 is 19.8 Å². The van der Waals surface area contributed by atoms with Crippen LogP contribution >= 0.6 is 35.6 Å². The molecule has 0 aliphatic heterocycles. The van der Waals surface area contributed by atoms with Gasteiger partial charge in [-0.2, -0.15) is 0 Å². The quantitative estimate of drug-likeness (QED) is 0.403. The van der Waals surface area contributed by atoms with Crippen molar-refractivity contribution in [3.05, 3.63) is 52.9 Å². The monoisotopic (exact) mass is 449 g/mol.